The van der Waals surface area contributed by atoms with Gasteiger partial charge in [-0.15, -0.1) is 0 Å². The number of nitrogens with zero attached hydrogens (tertiary/aromatic N) is 3. The number of aromatic hydroxyl groups is 1. The van der Waals surface area contributed by atoms with E-state index in [2.05, 4.69) is 60.0 Å². The molecule has 6 bridgehead atoms. The fourth-order valence-electron chi connectivity index (χ4n) is 6.74. The molecule has 4 heterocycles. The highest BCUT2D eigenvalue weighted by molar-refractivity contribution is 5.95. The predicted molar refractivity (Wildman–Crippen MR) is 173 cm³/mol. The molecule has 2 N–H and O–H groups in total. The predicted octanol–water partition coefficient (Wildman–Crippen LogP) is 5.80. The third-order valence-corrected chi connectivity index (χ3v) is 8.92. The number of phenolic OH excluding ortho intramolecular Hbond substituents is 1. The summed E-state index contributed by atoms with van der Waals surface area (Å²) in [4.78, 5) is 30.9. The number of ether oxygens (including phenoxy) is 2. The molecule has 2 aromatic heterocycles. The number of methoxy groups -OCH3 is 1. The second-order valence-electron chi connectivity index (χ2n) is 13.0. The van der Waals surface area contributed by atoms with E-state index in [0.717, 1.165) is 56.5 Å². The van der Waals surface area contributed by atoms with Crippen molar-refractivity contribution in [3.8, 4) is 28.1 Å². The summed E-state index contributed by atoms with van der Waals surface area (Å²) < 4.78 is 13.9. The minimum atomic E-state index is -0.572. The minimum Gasteiger partial charge on any atom is -0.508 e. The number of hydrogen-bond donors (Lipinski definition) is 2. The van der Waals surface area contributed by atoms with Crippen LogP contribution in [-0.2, 0) is 45.1 Å². The molecule has 236 valence electrons. The van der Waals surface area contributed by atoms with E-state index in [1.54, 1.807) is 30.4 Å². The van der Waals surface area contributed by atoms with Crippen molar-refractivity contribution < 1.29 is 24.2 Å². The number of carbonyl (C=O) groups is 2. The third kappa shape index (κ3) is 6.32. The van der Waals surface area contributed by atoms with Crippen LogP contribution in [0.15, 0.2) is 54.9 Å². The van der Waals surface area contributed by atoms with Crippen LogP contribution in [0.25, 0.3) is 33.3 Å². The maximum absolute atomic E-state index is 13.3. The van der Waals surface area contributed by atoms with Gasteiger partial charge in [-0.2, -0.15) is 0 Å². The molecule has 45 heavy (non-hydrogen) atoms. The number of cyclic esters (lactones) is 1. The van der Waals surface area contributed by atoms with E-state index in [1.165, 1.54) is 0 Å². The zero-order valence-corrected chi connectivity index (χ0v) is 26.6. The van der Waals surface area contributed by atoms with Crippen LogP contribution in [0, 0.1) is 5.41 Å². The molecule has 0 unspecified atom stereocenters. The summed E-state index contributed by atoms with van der Waals surface area (Å²) in [5.74, 6) is -0.259. The highest BCUT2D eigenvalue weighted by atomic mass is 16.5. The molecule has 1 saturated heterocycles. The zero-order chi connectivity index (χ0) is 31.7. The van der Waals surface area contributed by atoms with Crippen LogP contribution in [0.3, 0.4) is 0 Å². The highest BCUT2D eigenvalue weighted by Gasteiger charge is 2.32. The Balaban J connectivity index is 1.54. The lowest BCUT2D eigenvalue weighted by molar-refractivity contribution is -0.154. The Bertz CT molecular complexity index is 1740. The van der Waals surface area contributed by atoms with Gasteiger partial charge in [0.05, 0.1) is 18.9 Å². The van der Waals surface area contributed by atoms with Crippen molar-refractivity contribution in [3.05, 3.63) is 71.5 Å². The van der Waals surface area contributed by atoms with Crippen LogP contribution in [0.4, 0.5) is 0 Å². The van der Waals surface area contributed by atoms with Crippen molar-refractivity contribution >= 4 is 22.8 Å². The number of esters is 1. The molecule has 9 heteroatoms. The maximum atomic E-state index is 13.3. The molecule has 6 rings (SSSR count). The normalized spacial score (nSPS) is 18.9. The lowest BCUT2D eigenvalue weighted by Gasteiger charge is -2.33. The van der Waals surface area contributed by atoms with Crippen LogP contribution < -0.4 is 5.43 Å². The quantitative estimate of drug-likeness (QED) is 0.282. The van der Waals surface area contributed by atoms with E-state index in [0.29, 0.717) is 38.8 Å². The van der Waals surface area contributed by atoms with Crippen molar-refractivity contribution in [2.45, 2.75) is 72.1 Å². The molecule has 9 nitrogen and oxygen atoms in total. The number of phenols is 1. The number of benzene rings is 2. The van der Waals surface area contributed by atoms with E-state index < -0.39 is 11.5 Å². The highest BCUT2D eigenvalue weighted by Crippen LogP contribution is 2.41. The molecule has 2 aliphatic heterocycles. The number of hydrogen-bond acceptors (Lipinski definition) is 7. The summed E-state index contributed by atoms with van der Waals surface area (Å²) in [5, 5.41) is 13.4. The number of nitrogens with one attached hydrogen (secondary N) is 1. The fraction of sp³-hybridized carbons (Fsp3) is 0.417. The van der Waals surface area contributed by atoms with E-state index in [1.807, 2.05) is 12.3 Å². The van der Waals surface area contributed by atoms with Gasteiger partial charge in [0.25, 0.3) is 0 Å². The van der Waals surface area contributed by atoms with Gasteiger partial charge in [-0.25, -0.2) is 5.43 Å². The zero-order valence-electron chi connectivity index (χ0n) is 26.6. The standard InChI is InChI=1S/C36H42N4O5/c1-5-39-32-10-9-24-18-28(32)29(34(39)30-20-37-13-12-25(30)21-44-4)19-36(2,3)22-45-35(43)31-7-6-14-40(38-31)33(42)11-8-23-15-26(24)17-27(41)16-23/h9-10,12-13,15-18,20,31,38,41H,5-8,11,14,19,21-22H2,1-4H3/t31-/m0/s1. The van der Waals surface area contributed by atoms with E-state index in [4.69, 9.17) is 9.47 Å². The molecule has 0 spiro atoms. The lowest BCUT2D eigenvalue weighted by Crippen LogP contribution is -2.55. The summed E-state index contributed by atoms with van der Waals surface area (Å²) in [5.41, 5.74) is 10.8. The molecule has 0 aliphatic carbocycles. The Labute approximate surface area is 264 Å². The number of carbonyl (C=O) groups excluding carboxylic acids is 2. The number of amides is 1. The van der Waals surface area contributed by atoms with Crippen molar-refractivity contribution in [1.82, 2.24) is 20.0 Å². The molecule has 1 fully saturated rings. The first-order chi connectivity index (χ1) is 21.7. The molecule has 0 radical (unpaired) electrons. The van der Waals surface area contributed by atoms with Crippen molar-refractivity contribution in [2.75, 3.05) is 20.3 Å². The molecule has 1 amide bonds. The summed E-state index contributed by atoms with van der Waals surface area (Å²) in [7, 11) is 1.70. The average molecular weight is 611 g/mol. The minimum absolute atomic E-state index is 0.0819. The summed E-state index contributed by atoms with van der Waals surface area (Å²) in [6, 6.07) is 13.4. The number of hydrazine groups is 1. The number of fused-ring (bicyclic) bond motifs is 6. The maximum Gasteiger partial charge on any atom is 0.324 e. The molecule has 0 saturated carbocycles. The first-order valence-electron chi connectivity index (χ1n) is 15.8. The number of pyridine rings is 1. The Hall–Kier alpha value is -4.21. The van der Waals surface area contributed by atoms with Gasteiger partial charge in [-0.05, 0) is 90.8 Å². The molecular weight excluding hydrogens is 568 g/mol. The third-order valence-electron chi connectivity index (χ3n) is 8.92. The van der Waals surface area contributed by atoms with Crippen molar-refractivity contribution in [3.63, 3.8) is 0 Å². The van der Waals surface area contributed by atoms with Gasteiger partial charge in [0.1, 0.15) is 11.8 Å². The van der Waals surface area contributed by atoms with Crippen molar-refractivity contribution in [2.24, 2.45) is 5.41 Å². The van der Waals surface area contributed by atoms with Crippen LogP contribution in [-0.4, -0.2) is 57.8 Å². The van der Waals surface area contributed by atoms with Crippen LogP contribution in [0.2, 0.25) is 0 Å². The number of aromatic nitrogens is 2. The summed E-state index contributed by atoms with van der Waals surface area (Å²) in [6.45, 7) is 8.34. The van der Waals surface area contributed by atoms with Gasteiger partial charge < -0.3 is 19.1 Å². The fourth-order valence-corrected chi connectivity index (χ4v) is 6.74. The van der Waals surface area contributed by atoms with Gasteiger partial charge in [-0.1, -0.05) is 26.0 Å². The van der Waals surface area contributed by atoms with Crippen LogP contribution >= 0.6 is 0 Å². The van der Waals surface area contributed by atoms with Crippen LogP contribution in [0.5, 0.6) is 5.75 Å². The van der Waals surface area contributed by atoms with Gasteiger partial charge in [0.2, 0.25) is 5.91 Å². The molecule has 2 aliphatic rings. The number of aryl methyl sites for hydroxylation is 2. The van der Waals surface area contributed by atoms with E-state index >= 15 is 0 Å². The average Bonchev–Trinajstić information content (AvgIpc) is 3.33. The topological polar surface area (TPSA) is 106 Å². The smallest absolute Gasteiger partial charge is 0.324 e. The van der Waals surface area contributed by atoms with E-state index in [-0.39, 0.29) is 30.7 Å². The second kappa shape index (κ2) is 12.7. The second-order valence-corrected chi connectivity index (χ2v) is 13.0. The Morgan fingerprint density at radius 3 is 2.76 bits per heavy atom. The first-order valence-corrected chi connectivity index (χ1v) is 15.8. The monoisotopic (exact) mass is 610 g/mol. The number of rotatable bonds is 4. The van der Waals surface area contributed by atoms with Crippen LogP contribution in [0.1, 0.15) is 56.7 Å². The Morgan fingerprint density at radius 1 is 1.11 bits per heavy atom. The van der Waals surface area contributed by atoms with Gasteiger partial charge in [0.15, 0.2) is 0 Å². The molecule has 1 atom stereocenters. The van der Waals surface area contributed by atoms with Gasteiger partial charge in [0, 0.05) is 60.9 Å². The molecule has 4 aromatic rings. The van der Waals surface area contributed by atoms with Crippen molar-refractivity contribution in [1.29, 1.82) is 0 Å². The lowest BCUT2D eigenvalue weighted by atomic mass is 9.84. The Morgan fingerprint density at radius 2 is 1.96 bits per heavy atom. The van der Waals surface area contributed by atoms with E-state index in [9.17, 15) is 14.7 Å². The summed E-state index contributed by atoms with van der Waals surface area (Å²) >= 11 is 0. The molecular formula is C36H42N4O5. The summed E-state index contributed by atoms with van der Waals surface area (Å²) in [6.07, 6.45) is 6.39. The first kappa shape index (κ1) is 30.8. The van der Waals surface area contributed by atoms with Gasteiger partial charge >= 0.3 is 5.97 Å². The molecule has 2 aromatic carbocycles. The Kier molecular flexibility index (Phi) is 8.66. The largest absolute Gasteiger partial charge is 0.508 e. The SMILES string of the molecule is CCn1c(-c2cnccc2COC)c2c3cc(ccc31)-c1cc(O)cc(c1)CCC(=O)N1CCC[C@H](N1)C(=O)OCC(C)(C)C2. The van der Waals surface area contributed by atoms with Gasteiger partial charge in [-0.3, -0.25) is 19.6 Å².